The zero-order valence-corrected chi connectivity index (χ0v) is 12.2. The molecule has 0 bridgehead atoms. The molecule has 0 aromatic carbocycles. The van der Waals surface area contributed by atoms with E-state index in [4.69, 9.17) is 10.5 Å². The molecular formula is C15H25N3O. The molecule has 1 fully saturated rings. The van der Waals surface area contributed by atoms with Crippen molar-refractivity contribution >= 4 is 0 Å². The van der Waals surface area contributed by atoms with E-state index in [1.807, 2.05) is 19.1 Å². The lowest BCUT2D eigenvalue weighted by Gasteiger charge is -2.37. The van der Waals surface area contributed by atoms with Gasteiger partial charge in [-0.05, 0) is 32.2 Å². The lowest BCUT2D eigenvalue weighted by molar-refractivity contribution is 0.113. The molecule has 2 unspecified atom stereocenters. The van der Waals surface area contributed by atoms with Crippen molar-refractivity contribution in [2.45, 2.75) is 39.3 Å². The molecule has 2 rings (SSSR count). The molecule has 0 saturated carbocycles. The van der Waals surface area contributed by atoms with E-state index in [1.54, 1.807) is 7.11 Å². The van der Waals surface area contributed by atoms with E-state index < -0.39 is 0 Å². The van der Waals surface area contributed by atoms with Gasteiger partial charge in [0.05, 0.1) is 12.8 Å². The summed E-state index contributed by atoms with van der Waals surface area (Å²) in [5.41, 5.74) is 7.99. The molecule has 4 nitrogen and oxygen atoms in total. The van der Waals surface area contributed by atoms with Gasteiger partial charge >= 0.3 is 0 Å². The van der Waals surface area contributed by atoms with Gasteiger partial charge in [0.15, 0.2) is 0 Å². The first-order valence-corrected chi connectivity index (χ1v) is 7.08. The third-order valence-electron chi connectivity index (χ3n) is 3.95. The van der Waals surface area contributed by atoms with Gasteiger partial charge < -0.3 is 10.5 Å². The lowest BCUT2D eigenvalue weighted by atomic mass is 9.92. The van der Waals surface area contributed by atoms with Crippen molar-refractivity contribution in [3.8, 4) is 5.75 Å². The van der Waals surface area contributed by atoms with Gasteiger partial charge in [-0.2, -0.15) is 0 Å². The molecule has 1 saturated heterocycles. The number of nitrogens with zero attached hydrogens (tertiary/aromatic N) is 2. The van der Waals surface area contributed by atoms with Gasteiger partial charge in [-0.3, -0.25) is 9.88 Å². The Bertz CT molecular complexity index is 422. The summed E-state index contributed by atoms with van der Waals surface area (Å²) in [5, 5.41) is 0. The average Bonchev–Trinajstić information content (AvgIpc) is 2.40. The zero-order valence-electron chi connectivity index (χ0n) is 12.2. The minimum absolute atomic E-state index is 0.483. The van der Waals surface area contributed by atoms with Crippen LogP contribution in [0.1, 0.15) is 31.2 Å². The Labute approximate surface area is 116 Å². The smallest absolute Gasteiger partial charge is 0.122 e. The van der Waals surface area contributed by atoms with Crippen LogP contribution in [0.25, 0.3) is 0 Å². The number of methoxy groups -OCH3 is 1. The lowest BCUT2D eigenvalue weighted by Crippen LogP contribution is -2.45. The number of ether oxygens (including phenoxy) is 1. The van der Waals surface area contributed by atoms with E-state index in [1.165, 1.54) is 12.8 Å². The van der Waals surface area contributed by atoms with E-state index in [0.29, 0.717) is 6.04 Å². The summed E-state index contributed by atoms with van der Waals surface area (Å²) >= 11 is 0. The van der Waals surface area contributed by atoms with Crippen molar-refractivity contribution in [3.05, 3.63) is 23.5 Å². The minimum atomic E-state index is 0.483. The number of aromatic nitrogens is 1. The fourth-order valence-corrected chi connectivity index (χ4v) is 2.86. The molecule has 1 aromatic heterocycles. The molecule has 1 aromatic rings. The number of hydrogen-bond acceptors (Lipinski definition) is 4. The zero-order chi connectivity index (χ0) is 13.8. The monoisotopic (exact) mass is 263 g/mol. The van der Waals surface area contributed by atoms with Crippen molar-refractivity contribution in [1.82, 2.24) is 9.88 Å². The van der Waals surface area contributed by atoms with Crippen molar-refractivity contribution in [3.63, 3.8) is 0 Å². The second kappa shape index (κ2) is 6.35. The van der Waals surface area contributed by atoms with Crippen molar-refractivity contribution in [2.24, 2.45) is 11.7 Å². The summed E-state index contributed by atoms with van der Waals surface area (Å²) in [6, 6.07) is 4.47. The van der Waals surface area contributed by atoms with Crippen LogP contribution in [-0.2, 0) is 6.54 Å². The van der Waals surface area contributed by atoms with E-state index in [-0.39, 0.29) is 0 Å². The van der Waals surface area contributed by atoms with E-state index in [2.05, 4.69) is 16.8 Å². The highest BCUT2D eigenvalue weighted by Crippen LogP contribution is 2.24. The standard InChI is InChI=1S/C15H25N3O/c1-11-4-5-18(14(6-11)9-16)10-13-8-15(19-3)7-12(2)17-13/h7-8,11,14H,4-6,9-10,16H2,1-3H3. The Morgan fingerprint density at radius 3 is 2.95 bits per heavy atom. The largest absolute Gasteiger partial charge is 0.497 e. The van der Waals surface area contributed by atoms with Gasteiger partial charge in [0.25, 0.3) is 0 Å². The van der Waals surface area contributed by atoms with Crippen LogP contribution in [0.5, 0.6) is 5.75 Å². The second-order valence-electron chi connectivity index (χ2n) is 5.63. The van der Waals surface area contributed by atoms with Gasteiger partial charge in [0, 0.05) is 37.0 Å². The fraction of sp³-hybridized carbons (Fsp3) is 0.667. The fourth-order valence-electron chi connectivity index (χ4n) is 2.86. The summed E-state index contributed by atoms with van der Waals surface area (Å²) in [4.78, 5) is 7.06. The number of hydrogen-bond donors (Lipinski definition) is 1. The van der Waals surface area contributed by atoms with Crippen LogP contribution >= 0.6 is 0 Å². The van der Waals surface area contributed by atoms with Gasteiger partial charge in [-0.25, -0.2) is 0 Å². The van der Waals surface area contributed by atoms with Gasteiger partial charge in [-0.1, -0.05) is 6.92 Å². The van der Waals surface area contributed by atoms with Crippen molar-refractivity contribution in [1.29, 1.82) is 0 Å². The molecule has 1 aliphatic heterocycles. The number of pyridine rings is 1. The quantitative estimate of drug-likeness (QED) is 0.902. The third kappa shape index (κ3) is 3.67. The van der Waals surface area contributed by atoms with Crippen molar-refractivity contribution in [2.75, 3.05) is 20.2 Å². The molecule has 0 spiro atoms. The molecule has 0 amide bonds. The summed E-state index contributed by atoms with van der Waals surface area (Å²) in [5.74, 6) is 1.67. The topological polar surface area (TPSA) is 51.4 Å². The Hall–Kier alpha value is -1.13. The molecule has 4 heteroatoms. The molecule has 2 atom stereocenters. The first-order valence-electron chi connectivity index (χ1n) is 7.08. The first kappa shape index (κ1) is 14.3. The maximum Gasteiger partial charge on any atom is 0.122 e. The van der Waals surface area contributed by atoms with Gasteiger partial charge in [0.2, 0.25) is 0 Å². The third-order valence-corrected chi connectivity index (χ3v) is 3.95. The predicted octanol–water partition coefficient (Wildman–Crippen LogP) is 1.96. The molecule has 106 valence electrons. The Balaban J connectivity index is 2.09. The Morgan fingerprint density at radius 1 is 1.47 bits per heavy atom. The summed E-state index contributed by atoms with van der Waals surface area (Å²) < 4.78 is 5.31. The van der Waals surface area contributed by atoms with Crippen LogP contribution in [0.3, 0.4) is 0 Å². The molecule has 1 aliphatic rings. The summed E-state index contributed by atoms with van der Waals surface area (Å²) in [6.07, 6.45) is 2.44. The molecule has 19 heavy (non-hydrogen) atoms. The molecule has 0 aliphatic carbocycles. The van der Waals surface area contributed by atoms with E-state index in [0.717, 1.165) is 42.7 Å². The van der Waals surface area contributed by atoms with Crippen LogP contribution in [0.2, 0.25) is 0 Å². The number of likely N-dealkylation sites (tertiary alicyclic amines) is 1. The highest BCUT2D eigenvalue weighted by molar-refractivity contribution is 5.26. The average molecular weight is 263 g/mol. The van der Waals surface area contributed by atoms with Crippen LogP contribution in [-0.4, -0.2) is 36.1 Å². The maximum atomic E-state index is 5.91. The summed E-state index contributed by atoms with van der Waals surface area (Å²) in [6.45, 7) is 7.03. The first-order chi connectivity index (χ1) is 9.12. The van der Waals surface area contributed by atoms with Gasteiger partial charge in [0.1, 0.15) is 5.75 Å². The number of aryl methyl sites for hydroxylation is 1. The van der Waals surface area contributed by atoms with E-state index >= 15 is 0 Å². The Morgan fingerprint density at radius 2 is 2.26 bits per heavy atom. The van der Waals surface area contributed by atoms with E-state index in [9.17, 15) is 0 Å². The SMILES string of the molecule is COc1cc(C)nc(CN2CCC(C)CC2CN)c1. The maximum absolute atomic E-state index is 5.91. The van der Waals surface area contributed by atoms with Crippen molar-refractivity contribution < 1.29 is 4.74 Å². The van der Waals surface area contributed by atoms with Crippen LogP contribution in [0.15, 0.2) is 12.1 Å². The molecule has 0 radical (unpaired) electrons. The van der Waals surface area contributed by atoms with Crippen LogP contribution in [0, 0.1) is 12.8 Å². The Kier molecular flexibility index (Phi) is 4.77. The highest BCUT2D eigenvalue weighted by Gasteiger charge is 2.25. The minimum Gasteiger partial charge on any atom is -0.497 e. The molecule has 2 heterocycles. The normalized spacial score (nSPS) is 24.4. The summed E-state index contributed by atoms with van der Waals surface area (Å²) in [7, 11) is 1.70. The highest BCUT2D eigenvalue weighted by atomic mass is 16.5. The molecule has 2 N–H and O–H groups in total. The number of rotatable bonds is 4. The number of piperidine rings is 1. The molecular weight excluding hydrogens is 238 g/mol. The second-order valence-corrected chi connectivity index (χ2v) is 5.63. The predicted molar refractivity (Wildman–Crippen MR) is 77.2 cm³/mol. The van der Waals surface area contributed by atoms with Gasteiger partial charge in [-0.15, -0.1) is 0 Å². The number of nitrogens with two attached hydrogens (primary N) is 1. The van der Waals surface area contributed by atoms with Crippen LogP contribution < -0.4 is 10.5 Å². The van der Waals surface area contributed by atoms with Crippen LogP contribution in [0.4, 0.5) is 0 Å².